The van der Waals surface area contributed by atoms with Crippen LogP contribution >= 0.6 is 11.3 Å². The Hall–Kier alpha value is -1.85. The van der Waals surface area contributed by atoms with Gasteiger partial charge in [0.05, 0.1) is 25.0 Å². The molecule has 2 aliphatic rings. The molecule has 0 spiro atoms. The van der Waals surface area contributed by atoms with Gasteiger partial charge < -0.3 is 0 Å². The molecule has 2 saturated heterocycles. The van der Waals surface area contributed by atoms with Crippen molar-refractivity contribution in [2.45, 2.75) is 48.3 Å². The highest BCUT2D eigenvalue weighted by atomic mass is 32.2. The van der Waals surface area contributed by atoms with E-state index in [4.69, 9.17) is 4.98 Å². The van der Waals surface area contributed by atoms with Crippen LogP contribution in [0.4, 0.5) is 0 Å². The van der Waals surface area contributed by atoms with Crippen molar-refractivity contribution in [2.75, 3.05) is 26.2 Å². The van der Waals surface area contributed by atoms with Crippen LogP contribution in [-0.4, -0.2) is 56.6 Å². The molecule has 34 heavy (non-hydrogen) atoms. The highest BCUT2D eigenvalue weighted by molar-refractivity contribution is 7.90. The van der Waals surface area contributed by atoms with E-state index in [1.54, 1.807) is 11.3 Å². The van der Waals surface area contributed by atoms with Crippen LogP contribution < -0.4 is 0 Å². The number of benzene rings is 2. The van der Waals surface area contributed by atoms with E-state index in [0.29, 0.717) is 44.9 Å². The lowest BCUT2D eigenvalue weighted by molar-refractivity contribution is 0.281. The topological polar surface area (TPSA) is 87.7 Å². The first-order valence-corrected chi connectivity index (χ1v) is 15.4. The Balaban J connectivity index is 1.32. The monoisotopic (exact) mass is 519 g/mol. The number of thiazole rings is 1. The molecule has 2 aliphatic heterocycles. The fourth-order valence-electron chi connectivity index (χ4n) is 4.87. The first-order chi connectivity index (χ1) is 16.2. The summed E-state index contributed by atoms with van der Waals surface area (Å²) >= 11 is 1.68. The third-order valence-electron chi connectivity index (χ3n) is 6.81. The normalized spacial score (nSPS) is 21.7. The predicted molar refractivity (Wildman–Crippen MR) is 134 cm³/mol. The highest BCUT2D eigenvalue weighted by Crippen LogP contribution is 2.35. The molecule has 0 amide bonds. The van der Waals surface area contributed by atoms with Crippen molar-refractivity contribution in [3.8, 4) is 0 Å². The standard InChI is InChI=1S/C24H29N3O4S3/c1-18-6-5-13-27(17-18)34(30,31)21-8-4-7-20(16-21)33(28,29)26-14-11-19(12-15-26)24-25-22-9-2-3-10-23(22)32-24/h2-4,7-10,16,18-19H,5-6,11-15,17H2,1H3/t18-/m0/s1. The van der Waals surface area contributed by atoms with E-state index in [-0.39, 0.29) is 15.7 Å². The van der Waals surface area contributed by atoms with Crippen molar-refractivity contribution in [1.29, 1.82) is 0 Å². The van der Waals surface area contributed by atoms with E-state index in [9.17, 15) is 16.8 Å². The molecule has 3 heterocycles. The van der Waals surface area contributed by atoms with Crippen molar-refractivity contribution in [3.63, 3.8) is 0 Å². The minimum absolute atomic E-state index is 0.0390. The number of piperidine rings is 2. The Morgan fingerprint density at radius 1 is 0.853 bits per heavy atom. The van der Waals surface area contributed by atoms with Gasteiger partial charge in [-0.3, -0.25) is 0 Å². The van der Waals surface area contributed by atoms with E-state index in [1.807, 2.05) is 25.1 Å². The molecule has 182 valence electrons. The molecule has 0 N–H and O–H groups in total. The lowest BCUT2D eigenvalue weighted by Crippen LogP contribution is -2.39. The van der Waals surface area contributed by atoms with Gasteiger partial charge in [-0.1, -0.05) is 25.1 Å². The molecule has 0 unspecified atom stereocenters. The maximum absolute atomic E-state index is 13.4. The number of sulfonamides is 2. The van der Waals surface area contributed by atoms with Crippen LogP contribution in [0, 0.1) is 5.92 Å². The molecule has 3 aromatic rings. The summed E-state index contributed by atoms with van der Waals surface area (Å²) in [5.74, 6) is 0.531. The highest BCUT2D eigenvalue weighted by Gasteiger charge is 2.33. The minimum atomic E-state index is -3.78. The third-order valence-corrected chi connectivity index (χ3v) is 11.8. The fraction of sp³-hybridized carbons (Fsp3) is 0.458. The average Bonchev–Trinajstić information content (AvgIpc) is 3.29. The second kappa shape index (κ2) is 9.31. The molecule has 1 aromatic heterocycles. The fourth-order valence-corrected chi connectivity index (χ4v) is 9.24. The summed E-state index contributed by atoms with van der Waals surface area (Å²) in [5.41, 5.74) is 0.985. The molecular weight excluding hydrogens is 490 g/mol. The van der Waals surface area contributed by atoms with Crippen LogP contribution in [0.3, 0.4) is 0 Å². The minimum Gasteiger partial charge on any atom is -0.241 e. The molecule has 0 saturated carbocycles. The van der Waals surface area contributed by atoms with E-state index in [1.165, 1.54) is 32.9 Å². The van der Waals surface area contributed by atoms with Gasteiger partial charge in [-0.2, -0.15) is 8.61 Å². The smallest absolute Gasteiger partial charge is 0.241 e. The van der Waals surface area contributed by atoms with E-state index in [2.05, 4.69) is 6.07 Å². The quantitative estimate of drug-likeness (QED) is 0.502. The number of para-hydroxylation sites is 1. The molecule has 0 aliphatic carbocycles. The second-order valence-corrected chi connectivity index (χ2v) is 14.2. The Kier molecular flexibility index (Phi) is 6.54. The molecule has 7 nitrogen and oxygen atoms in total. The van der Waals surface area contributed by atoms with Crippen LogP contribution in [-0.2, 0) is 20.0 Å². The van der Waals surface area contributed by atoms with Gasteiger partial charge in [-0.05, 0) is 61.9 Å². The summed E-state index contributed by atoms with van der Waals surface area (Å²) in [7, 11) is -7.51. The largest absolute Gasteiger partial charge is 0.243 e. The van der Waals surface area contributed by atoms with Crippen molar-refractivity contribution >= 4 is 41.6 Å². The SMILES string of the molecule is C[C@H]1CCCN(S(=O)(=O)c2cccc(S(=O)(=O)N3CCC(c4nc5ccccc5s4)CC3)c2)C1. The van der Waals surface area contributed by atoms with Crippen molar-refractivity contribution in [2.24, 2.45) is 5.92 Å². The van der Waals surface area contributed by atoms with Crippen molar-refractivity contribution < 1.29 is 16.8 Å². The third kappa shape index (κ3) is 4.54. The van der Waals surface area contributed by atoms with Crippen LogP contribution in [0.1, 0.15) is 43.5 Å². The number of aromatic nitrogens is 1. The molecule has 1 atom stereocenters. The number of hydrogen-bond acceptors (Lipinski definition) is 6. The first kappa shape index (κ1) is 23.9. The van der Waals surface area contributed by atoms with Gasteiger partial charge in [0.15, 0.2) is 0 Å². The second-order valence-electron chi connectivity index (χ2n) is 9.28. The van der Waals surface area contributed by atoms with Gasteiger partial charge in [-0.15, -0.1) is 11.3 Å². The lowest BCUT2D eigenvalue weighted by Gasteiger charge is -2.31. The maximum Gasteiger partial charge on any atom is 0.243 e. The lowest BCUT2D eigenvalue weighted by atomic mass is 9.99. The Labute approximate surface area is 205 Å². The molecular formula is C24H29N3O4S3. The van der Waals surface area contributed by atoms with Gasteiger partial charge >= 0.3 is 0 Å². The van der Waals surface area contributed by atoms with Crippen LogP contribution in [0.15, 0.2) is 58.3 Å². The van der Waals surface area contributed by atoms with Crippen molar-refractivity contribution in [1.82, 2.24) is 13.6 Å². The number of rotatable bonds is 5. The van der Waals surface area contributed by atoms with Gasteiger partial charge in [0.25, 0.3) is 0 Å². The Morgan fingerprint density at radius 2 is 1.53 bits per heavy atom. The summed E-state index contributed by atoms with van der Waals surface area (Å²) in [5, 5.41) is 1.06. The average molecular weight is 520 g/mol. The zero-order valence-electron chi connectivity index (χ0n) is 19.1. The zero-order valence-corrected chi connectivity index (χ0v) is 21.6. The molecule has 10 heteroatoms. The van der Waals surface area contributed by atoms with E-state index >= 15 is 0 Å². The van der Waals surface area contributed by atoms with Crippen LogP contribution in [0.25, 0.3) is 10.2 Å². The van der Waals surface area contributed by atoms with Gasteiger partial charge in [0.1, 0.15) is 0 Å². The Morgan fingerprint density at radius 3 is 2.21 bits per heavy atom. The summed E-state index contributed by atoms with van der Waals surface area (Å²) in [4.78, 5) is 4.84. The predicted octanol–water partition coefficient (Wildman–Crippen LogP) is 4.29. The van der Waals surface area contributed by atoms with Crippen molar-refractivity contribution in [3.05, 3.63) is 53.5 Å². The summed E-state index contributed by atoms with van der Waals surface area (Å²) < 4.78 is 57.2. The molecule has 2 aromatic carbocycles. The molecule has 2 fully saturated rings. The number of hydrogen-bond donors (Lipinski definition) is 0. The molecule has 0 radical (unpaired) electrons. The first-order valence-electron chi connectivity index (χ1n) is 11.7. The summed E-state index contributed by atoms with van der Waals surface area (Å²) in [6.45, 7) is 3.77. The molecule has 0 bridgehead atoms. The molecule has 5 rings (SSSR count). The van der Waals surface area contributed by atoms with Crippen LogP contribution in [0.2, 0.25) is 0 Å². The zero-order chi connectivity index (χ0) is 23.9. The van der Waals surface area contributed by atoms with E-state index < -0.39 is 20.0 Å². The Bertz CT molecular complexity index is 1360. The maximum atomic E-state index is 13.4. The van der Waals surface area contributed by atoms with Gasteiger partial charge in [-0.25, -0.2) is 21.8 Å². The number of fused-ring (bicyclic) bond motifs is 1. The van der Waals surface area contributed by atoms with Gasteiger partial charge in [0, 0.05) is 32.1 Å². The summed E-state index contributed by atoms with van der Waals surface area (Å²) in [6.07, 6.45) is 3.22. The summed E-state index contributed by atoms with van der Waals surface area (Å²) in [6, 6.07) is 13.9. The van der Waals surface area contributed by atoms with E-state index in [0.717, 1.165) is 28.1 Å². The van der Waals surface area contributed by atoms with Crippen LogP contribution in [0.5, 0.6) is 0 Å². The van der Waals surface area contributed by atoms with Gasteiger partial charge in [0.2, 0.25) is 20.0 Å². The number of nitrogens with zero attached hydrogens (tertiary/aromatic N) is 3.